The molecule has 2 saturated carbocycles. The minimum Gasteiger partial charge on any atom is -0.507 e. The zero-order chi connectivity index (χ0) is 29.6. The predicted molar refractivity (Wildman–Crippen MR) is 138 cm³/mol. The Morgan fingerprint density at radius 1 is 1.18 bits per heavy atom. The number of phenolic OH excluding ortho intramolecular Hbond substituents is 1. The minimum absolute atomic E-state index is 0.00114. The Hall–Kier alpha value is -3.50. The number of carbonyl (C=O) groups is 5. The fourth-order valence-electron chi connectivity index (χ4n) is 7.10. The standard InChI is InChI=1S/C27H34N6O6/c1-24(2,3)13-6-11(8-28)12-7-25(31)9-27(32)20(33(4)5)19(36)15(23(30)39)21(37)26(27,10-29)22(38)16(25)18(35)14(12)17(13)34/h6,15-16,20,34H,7-9,28,31-32H2,1-5H3,(H2,30,39)/t15?,16?,20-,25-,26+,27-/m1/s1. The third-order valence-corrected chi connectivity index (χ3v) is 8.71. The fraction of sp³-hybridized carbons (Fsp3) is 0.556. The Morgan fingerprint density at radius 3 is 2.23 bits per heavy atom. The van der Waals surface area contributed by atoms with Crippen LogP contribution in [0.4, 0.5) is 0 Å². The van der Waals surface area contributed by atoms with Crippen LogP contribution >= 0.6 is 0 Å². The van der Waals surface area contributed by atoms with Crippen LogP contribution in [0.25, 0.3) is 0 Å². The lowest BCUT2D eigenvalue weighted by Crippen LogP contribution is -2.85. The number of rotatable bonds is 3. The summed E-state index contributed by atoms with van der Waals surface area (Å²) in [6.07, 6.45) is -0.607. The number of aromatic hydroxyl groups is 1. The fourth-order valence-corrected chi connectivity index (χ4v) is 7.10. The molecule has 1 aromatic carbocycles. The second-order valence-electron chi connectivity index (χ2n) is 12.4. The highest BCUT2D eigenvalue weighted by Crippen LogP contribution is 2.57. The summed E-state index contributed by atoms with van der Waals surface area (Å²) in [5, 5.41) is 21.7. The first-order chi connectivity index (χ1) is 17.9. The molecular formula is C27H34N6O6. The number of nitrogens with zero attached hydrogens (tertiary/aromatic N) is 2. The number of hydrogen-bond acceptors (Lipinski definition) is 11. The molecule has 3 aliphatic rings. The van der Waals surface area contributed by atoms with Crippen molar-refractivity contribution in [1.29, 1.82) is 5.26 Å². The van der Waals surface area contributed by atoms with E-state index in [2.05, 4.69) is 0 Å². The van der Waals surface area contributed by atoms with Gasteiger partial charge in [0.15, 0.2) is 34.5 Å². The molecule has 1 amide bonds. The number of ketones is 4. The Balaban J connectivity index is 2.06. The molecule has 0 spiro atoms. The molecule has 0 bridgehead atoms. The van der Waals surface area contributed by atoms with Crippen molar-refractivity contribution in [3.63, 3.8) is 0 Å². The van der Waals surface area contributed by atoms with Crippen molar-refractivity contribution in [3.8, 4) is 11.8 Å². The van der Waals surface area contributed by atoms with Gasteiger partial charge in [0.05, 0.1) is 23.2 Å². The van der Waals surface area contributed by atoms with E-state index in [0.29, 0.717) is 16.7 Å². The van der Waals surface area contributed by atoms with Crippen LogP contribution in [0.2, 0.25) is 0 Å². The zero-order valence-corrected chi connectivity index (χ0v) is 22.6. The van der Waals surface area contributed by atoms with Gasteiger partial charge in [0.2, 0.25) is 5.91 Å². The molecule has 12 heteroatoms. The number of nitriles is 1. The normalized spacial score (nSPS) is 34.3. The van der Waals surface area contributed by atoms with E-state index in [1.165, 1.54) is 19.0 Å². The smallest absolute Gasteiger partial charge is 0.235 e. The van der Waals surface area contributed by atoms with E-state index < -0.39 is 75.2 Å². The zero-order valence-electron chi connectivity index (χ0n) is 22.6. The Kier molecular flexibility index (Phi) is 6.21. The number of phenols is 1. The van der Waals surface area contributed by atoms with Gasteiger partial charge in [0.1, 0.15) is 11.7 Å². The molecule has 0 heterocycles. The molecule has 2 fully saturated rings. The second kappa shape index (κ2) is 8.50. The first kappa shape index (κ1) is 28.5. The van der Waals surface area contributed by atoms with E-state index in [1.54, 1.807) is 12.1 Å². The van der Waals surface area contributed by atoms with Crippen molar-refractivity contribution < 1.29 is 29.1 Å². The number of likely N-dealkylation sites (N-methyl/N-ethyl adjacent to an activating group) is 1. The van der Waals surface area contributed by atoms with Gasteiger partial charge < -0.3 is 28.0 Å². The van der Waals surface area contributed by atoms with Gasteiger partial charge in [-0.15, -0.1) is 0 Å². The monoisotopic (exact) mass is 538 g/mol. The van der Waals surface area contributed by atoms with Crippen LogP contribution in [0.1, 0.15) is 54.2 Å². The second-order valence-corrected chi connectivity index (χ2v) is 12.4. The van der Waals surface area contributed by atoms with Gasteiger partial charge in [0.25, 0.3) is 0 Å². The molecule has 3 aliphatic carbocycles. The molecule has 2 unspecified atom stereocenters. The summed E-state index contributed by atoms with van der Waals surface area (Å²) in [5.41, 5.74) is 18.9. The summed E-state index contributed by atoms with van der Waals surface area (Å²) in [7, 11) is 2.90. The molecule has 0 saturated heterocycles. The first-order valence-corrected chi connectivity index (χ1v) is 12.5. The molecule has 4 rings (SSSR count). The molecular weight excluding hydrogens is 504 g/mol. The molecule has 0 radical (unpaired) electrons. The van der Waals surface area contributed by atoms with Crippen LogP contribution in [0.3, 0.4) is 0 Å². The van der Waals surface area contributed by atoms with Crippen LogP contribution in [0, 0.1) is 28.6 Å². The highest BCUT2D eigenvalue weighted by molar-refractivity contribution is 6.33. The van der Waals surface area contributed by atoms with Gasteiger partial charge in [-0.05, 0) is 49.5 Å². The summed E-state index contributed by atoms with van der Waals surface area (Å²) in [5.74, 6) is -9.92. The van der Waals surface area contributed by atoms with Crippen LogP contribution in [-0.4, -0.2) is 70.3 Å². The third kappa shape index (κ3) is 3.40. The number of primary amides is 1. The van der Waals surface area contributed by atoms with Crippen LogP contribution in [0.5, 0.6) is 5.75 Å². The molecule has 0 aromatic heterocycles. The Morgan fingerprint density at radius 2 is 1.77 bits per heavy atom. The van der Waals surface area contributed by atoms with Crippen molar-refractivity contribution in [1.82, 2.24) is 4.90 Å². The van der Waals surface area contributed by atoms with E-state index in [-0.39, 0.29) is 24.3 Å². The van der Waals surface area contributed by atoms with Crippen LogP contribution in [0.15, 0.2) is 6.07 Å². The lowest BCUT2D eigenvalue weighted by Gasteiger charge is -2.60. The quantitative estimate of drug-likeness (QED) is 0.279. The topological polar surface area (TPSA) is 237 Å². The average Bonchev–Trinajstić information content (AvgIpc) is 2.77. The third-order valence-electron chi connectivity index (χ3n) is 8.71. The maximum absolute atomic E-state index is 14.4. The van der Waals surface area contributed by atoms with Gasteiger partial charge in [-0.1, -0.05) is 20.8 Å². The van der Waals surface area contributed by atoms with E-state index in [0.717, 1.165) is 0 Å². The van der Waals surface area contributed by atoms with Crippen molar-refractivity contribution in [2.24, 2.45) is 40.2 Å². The van der Waals surface area contributed by atoms with Gasteiger partial charge >= 0.3 is 0 Å². The maximum atomic E-state index is 14.4. The summed E-state index contributed by atoms with van der Waals surface area (Å²) in [6, 6.07) is 1.94. The number of hydrogen-bond donors (Lipinski definition) is 5. The van der Waals surface area contributed by atoms with E-state index >= 15 is 0 Å². The number of carbonyl (C=O) groups excluding carboxylic acids is 5. The highest BCUT2D eigenvalue weighted by atomic mass is 16.3. The average molecular weight is 539 g/mol. The Labute approximate surface area is 225 Å². The molecule has 208 valence electrons. The summed E-state index contributed by atoms with van der Waals surface area (Å²) < 4.78 is 0. The van der Waals surface area contributed by atoms with Crippen LogP contribution in [-0.2, 0) is 37.6 Å². The summed E-state index contributed by atoms with van der Waals surface area (Å²) in [6.45, 7) is 5.49. The lowest BCUT2D eigenvalue weighted by molar-refractivity contribution is -0.166. The molecule has 0 aliphatic heterocycles. The highest BCUT2D eigenvalue weighted by Gasteiger charge is 2.78. The van der Waals surface area contributed by atoms with E-state index in [1.807, 2.05) is 20.8 Å². The van der Waals surface area contributed by atoms with E-state index in [4.69, 9.17) is 22.9 Å². The SMILES string of the molecule is CN(C)[C@@H]1C(=O)C(C(N)=O)C(=O)[C@@]2(C#N)C(=O)C3C(=O)c4c(O)c(C(C)(C)C)cc(CN)c4C[C@@]3(N)C[C@@]12N. The van der Waals surface area contributed by atoms with Gasteiger partial charge in [0, 0.05) is 17.6 Å². The number of amides is 1. The molecule has 12 nitrogen and oxygen atoms in total. The number of benzene rings is 1. The molecule has 39 heavy (non-hydrogen) atoms. The number of Topliss-reactive ketones (excluding diaryl/α,β-unsaturated/α-hetero) is 4. The first-order valence-electron chi connectivity index (χ1n) is 12.5. The number of nitrogens with two attached hydrogens (primary N) is 4. The van der Waals surface area contributed by atoms with Gasteiger partial charge in [-0.2, -0.15) is 5.26 Å². The molecule has 9 N–H and O–H groups in total. The maximum Gasteiger partial charge on any atom is 0.235 e. The molecule has 1 aromatic rings. The van der Waals surface area contributed by atoms with Gasteiger partial charge in [-0.3, -0.25) is 28.9 Å². The van der Waals surface area contributed by atoms with E-state index in [9.17, 15) is 34.3 Å². The Bertz CT molecular complexity index is 1410. The van der Waals surface area contributed by atoms with Crippen LogP contribution < -0.4 is 22.9 Å². The predicted octanol–water partition coefficient (Wildman–Crippen LogP) is -1.44. The van der Waals surface area contributed by atoms with Crippen molar-refractivity contribution in [2.75, 3.05) is 14.1 Å². The van der Waals surface area contributed by atoms with Gasteiger partial charge in [-0.25, -0.2) is 0 Å². The number of fused-ring (bicyclic) bond motifs is 3. The lowest BCUT2D eigenvalue weighted by atomic mass is 9.42. The minimum atomic E-state index is -2.77. The van der Waals surface area contributed by atoms with Crippen molar-refractivity contribution in [3.05, 3.63) is 28.3 Å². The van der Waals surface area contributed by atoms with Crippen molar-refractivity contribution >= 4 is 29.0 Å². The summed E-state index contributed by atoms with van der Waals surface area (Å²) >= 11 is 0. The van der Waals surface area contributed by atoms with Crippen molar-refractivity contribution in [2.45, 2.75) is 62.7 Å². The molecule has 6 atom stereocenters. The largest absolute Gasteiger partial charge is 0.507 e. The summed E-state index contributed by atoms with van der Waals surface area (Å²) in [4.78, 5) is 69.3.